The van der Waals surface area contributed by atoms with Gasteiger partial charge in [0.15, 0.2) is 5.78 Å². The average molecular weight is 191 g/mol. The van der Waals surface area contributed by atoms with Gasteiger partial charge in [-0.2, -0.15) is 11.8 Å². The molecule has 0 aromatic heterocycles. The van der Waals surface area contributed by atoms with Gasteiger partial charge in [0.2, 0.25) is 0 Å². The van der Waals surface area contributed by atoms with Gasteiger partial charge < -0.3 is 0 Å². The van der Waals surface area contributed by atoms with Gasteiger partial charge in [0.1, 0.15) is 5.37 Å². The van der Waals surface area contributed by atoms with Crippen LogP contribution in [0.3, 0.4) is 0 Å². The maximum atomic E-state index is 11.3. The zero-order valence-corrected chi connectivity index (χ0v) is 8.26. The number of hydrogen-bond donors (Lipinski definition) is 1. The summed E-state index contributed by atoms with van der Waals surface area (Å²) in [5, 5.41) is 3.26. The van der Waals surface area contributed by atoms with Crippen molar-refractivity contribution in [3.63, 3.8) is 0 Å². The number of rotatable bonds is 4. The first-order valence-corrected chi connectivity index (χ1v) is 6.00. The normalized spacial score (nSPS) is 23.9. The SMILES string of the molecule is CCSCC(=O)C1NCCS1. The summed E-state index contributed by atoms with van der Waals surface area (Å²) in [4.78, 5) is 11.3. The molecular weight excluding hydrogens is 178 g/mol. The molecule has 0 amide bonds. The summed E-state index contributed by atoms with van der Waals surface area (Å²) in [5.41, 5.74) is 0. The van der Waals surface area contributed by atoms with Crippen molar-refractivity contribution in [2.75, 3.05) is 23.8 Å². The van der Waals surface area contributed by atoms with Crippen molar-refractivity contribution in [3.05, 3.63) is 0 Å². The molecule has 0 bridgehead atoms. The fraction of sp³-hybridized carbons (Fsp3) is 0.857. The van der Waals surface area contributed by atoms with Crippen LogP contribution in [0.5, 0.6) is 0 Å². The molecule has 1 N–H and O–H groups in total. The first-order chi connectivity index (χ1) is 5.34. The third-order valence-corrected chi connectivity index (χ3v) is 3.56. The molecule has 0 aliphatic carbocycles. The maximum Gasteiger partial charge on any atom is 0.169 e. The highest BCUT2D eigenvalue weighted by Gasteiger charge is 2.21. The second kappa shape index (κ2) is 5.06. The average Bonchev–Trinajstić information content (AvgIpc) is 2.52. The predicted molar refractivity (Wildman–Crippen MR) is 52.3 cm³/mol. The fourth-order valence-corrected chi connectivity index (χ4v) is 2.56. The number of hydrogen-bond acceptors (Lipinski definition) is 4. The van der Waals surface area contributed by atoms with Crippen LogP contribution >= 0.6 is 23.5 Å². The Morgan fingerprint density at radius 1 is 1.82 bits per heavy atom. The summed E-state index contributed by atoms with van der Waals surface area (Å²) < 4.78 is 0. The molecule has 1 aliphatic rings. The Balaban J connectivity index is 2.17. The molecule has 64 valence electrons. The van der Waals surface area contributed by atoms with Gasteiger partial charge in [0, 0.05) is 12.3 Å². The van der Waals surface area contributed by atoms with Gasteiger partial charge in [-0.3, -0.25) is 10.1 Å². The summed E-state index contributed by atoms with van der Waals surface area (Å²) in [5.74, 6) is 3.12. The minimum atomic E-state index is 0.0917. The predicted octanol–water partition coefficient (Wildman–Crippen LogP) is 0.971. The Bertz CT molecular complexity index is 134. The summed E-state index contributed by atoms with van der Waals surface area (Å²) in [6.07, 6.45) is 0. The zero-order valence-electron chi connectivity index (χ0n) is 6.63. The van der Waals surface area contributed by atoms with E-state index < -0.39 is 0 Å². The lowest BCUT2D eigenvalue weighted by molar-refractivity contribution is -0.116. The highest BCUT2D eigenvalue weighted by Crippen LogP contribution is 2.16. The molecule has 4 heteroatoms. The summed E-state index contributed by atoms with van der Waals surface area (Å²) in [6.45, 7) is 3.06. The summed E-state index contributed by atoms with van der Waals surface area (Å²) in [6, 6.07) is 0. The summed E-state index contributed by atoms with van der Waals surface area (Å²) in [7, 11) is 0. The number of carbonyl (C=O) groups excluding carboxylic acids is 1. The molecule has 0 spiro atoms. The van der Waals surface area contributed by atoms with Gasteiger partial charge in [-0.1, -0.05) is 6.92 Å². The second-order valence-corrected chi connectivity index (χ2v) is 4.80. The molecule has 1 fully saturated rings. The van der Waals surface area contributed by atoms with Crippen LogP contribution in [0.4, 0.5) is 0 Å². The quantitative estimate of drug-likeness (QED) is 0.717. The zero-order chi connectivity index (χ0) is 8.10. The van der Waals surface area contributed by atoms with Crippen LogP contribution in [-0.2, 0) is 4.79 Å². The molecule has 1 unspecified atom stereocenters. The first kappa shape index (κ1) is 9.42. The van der Waals surface area contributed by atoms with Crippen molar-refractivity contribution in [1.82, 2.24) is 5.32 Å². The van der Waals surface area contributed by atoms with E-state index in [1.165, 1.54) is 0 Å². The van der Waals surface area contributed by atoms with Crippen molar-refractivity contribution >= 4 is 29.3 Å². The summed E-state index contributed by atoms with van der Waals surface area (Å²) >= 11 is 3.43. The molecule has 0 radical (unpaired) electrons. The van der Waals surface area contributed by atoms with Gasteiger partial charge in [0.25, 0.3) is 0 Å². The number of carbonyl (C=O) groups is 1. The molecular formula is C7H13NOS2. The van der Waals surface area contributed by atoms with Gasteiger partial charge in [-0.05, 0) is 5.75 Å². The monoisotopic (exact) mass is 191 g/mol. The minimum Gasteiger partial charge on any atom is -0.298 e. The van der Waals surface area contributed by atoms with Crippen LogP contribution in [0, 0.1) is 0 Å². The number of thioether (sulfide) groups is 2. The van der Waals surface area contributed by atoms with Crippen molar-refractivity contribution in [2.24, 2.45) is 0 Å². The molecule has 0 aromatic rings. The van der Waals surface area contributed by atoms with Crippen LogP contribution in [0.25, 0.3) is 0 Å². The minimum absolute atomic E-state index is 0.0917. The van der Waals surface area contributed by atoms with Gasteiger partial charge in [-0.15, -0.1) is 11.8 Å². The van der Waals surface area contributed by atoms with Crippen LogP contribution in [0.15, 0.2) is 0 Å². The van der Waals surface area contributed by atoms with E-state index >= 15 is 0 Å². The van der Waals surface area contributed by atoms with E-state index in [0.717, 1.165) is 18.1 Å². The second-order valence-electron chi connectivity index (χ2n) is 2.31. The van der Waals surface area contributed by atoms with E-state index in [2.05, 4.69) is 12.2 Å². The van der Waals surface area contributed by atoms with Gasteiger partial charge in [0.05, 0.1) is 5.75 Å². The van der Waals surface area contributed by atoms with E-state index in [1.54, 1.807) is 23.5 Å². The number of ketones is 1. The number of Topliss-reactive ketones (excluding diaryl/α,β-unsaturated/α-hetero) is 1. The van der Waals surface area contributed by atoms with E-state index in [4.69, 9.17) is 0 Å². The maximum absolute atomic E-state index is 11.3. The largest absolute Gasteiger partial charge is 0.298 e. The van der Waals surface area contributed by atoms with Crippen molar-refractivity contribution in [1.29, 1.82) is 0 Å². The van der Waals surface area contributed by atoms with Gasteiger partial charge >= 0.3 is 0 Å². The lowest BCUT2D eigenvalue weighted by Crippen LogP contribution is -2.30. The van der Waals surface area contributed by atoms with Crippen molar-refractivity contribution in [2.45, 2.75) is 12.3 Å². The third-order valence-electron chi connectivity index (χ3n) is 1.46. The Labute approximate surface area is 75.9 Å². The lowest BCUT2D eigenvalue weighted by atomic mass is 10.4. The Morgan fingerprint density at radius 3 is 3.18 bits per heavy atom. The molecule has 11 heavy (non-hydrogen) atoms. The number of nitrogens with one attached hydrogen (secondary N) is 1. The van der Waals surface area contributed by atoms with E-state index in [-0.39, 0.29) is 5.37 Å². The first-order valence-electron chi connectivity index (χ1n) is 3.80. The topological polar surface area (TPSA) is 29.1 Å². The van der Waals surface area contributed by atoms with Crippen molar-refractivity contribution < 1.29 is 4.79 Å². The van der Waals surface area contributed by atoms with E-state index in [0.29, 0.717) is 11.5 Å². The molecule has 1 heterocycles. The highest BCUT2D eigenvalue weighted by atomic mass is 32.2. The van der Waals surface area contributed by atoms with E-state index in [9.17, 15) is 4.79 Å². The molecule has 0 aromatic carbocycles. The Morgan fingerprint density at radius 2 is 2.64 bits per heavy atom. The molecule has 1 saturated heterocycles. The molecule has 2 nitrogen and oxygen atoms in total. The molecule has 1 rings (SSSR count). The fourth-order valence-electron chi connectivity index (χ4n) is 0.911. The smallest absolute Gasteiger partial charge is 0.169 e. The molecule has 1 aliphatic heterocycles. The molecule has 0 saturated carbocycles. The Kier molecular flexibility index (Phi) is 4.33. The Hall–Kier alpha value is 0.330. The van der Waals surface area contributed by atoms with Crippen LogP contribution in [0.1, 0.15) is 6.92 Å². The van der Waals surface area contributed by atoms with Crippen LogP contribution in [-0.4, -0.2) is 35.0 Å². The molecule has 1 atom stereocenters. The standard InChI is InChI=1S/C7H13NOS2/c1-2-10-5-6(9)7-8-3-4-11-7/h7-8H,2-5H2,1H3. The highest BCUT2D eigenvalue weighted by molar-refractivity contribution is 8.02. The van der Waals surface area contributed by atoms with Crippen LogP contribution in [0.2, 0.25) is 0 Å². The lowest BCUT2D eigenvalue weighted by Gasteiger charge is -2.06. The third kappa shape index (κ3) is 3.05. The van der Waals surface area contributed by atoms with Crippen LogP contribution < -0.4 is 5.32 Å². The van der Waals surface area contributed by atoms with Gasteiger partial charge in [-0.25, -0.2) is 0 Å². The van der Waals surface area contributed by atoms with Crippen molar-refractivity contribution in [3.8, 4) is 0 Å². The van der Waals surface area contributed by atoms with E-state index in [1.807, 2.05) is 0 Å².